The highest BCUT2D eigenvalue weighted by Crippen LogP contribution is 2.38. The van der Waals surface area contributed by atoms with Crippen LogP contribution in [0.15, 0.2) is 42.5 Å². The molecule has 0 atom stereocenters. The quantitative estimate of drug-likeness (QED) is 0.501. The van der Waals surface area contributed by atoms with Crippen LogP contribution in [0.4, 0.5) is 4.39 Å². The van der Waals surface area contributed by atoms with E-state index in [-0.39, 0.29) is 5.75 Å². The lowest BCUT2D eigenvalue weighted by Crippen LogP contribution is -2.18. The molecule has 3 N–H and O–H groups in total. The Morgan fingerprint density at radius 1 is 1.14 bits per heavy atom. The molecular weight excluding hydrogens is 293 g/mol. The van der Waals surface area contributed by atoms with E-state index in [1.165, 1.54) is 29.5 Å². The summed E-state index contributed by atoms with van der Waals surface area (Å²) in [5, 5.41) is 19.3. The molecule has 0 radical (unpaired) electrons. The van der Waals surface area contributed by atoms with E-state index in [2.05, 4.69) is 0 Å². The van der Waals surface area contributed by atoms with Crippen LogP contribution < -0.4 is 5.48 Å². The molecule has 0 saturated heterocycles. The molecule has 0 spiro atoms. The molecule has 0 aliphatic carbocycles. The Bertz CT molecular complexity index is 844. The van der Waals surface area contributed by atoms with Crippen molar-refractivity contribution in [1.29, 1.82) is 0 Å². The molecule has 3 rings (SSSR count). The van der Waals surface area contributed by atoms with E-state index >= 15 is 0 Å². The van der Waals surface area contributed by atoms with Crippen LogP contribution in [0, 0.1) is 5.82 Å². The molecule has 1 heterocycles. The number of rotatable bonds is 2. The second-order valence-corrected chi connectivity index (χ2v) is 5.55. The summed E-state index contributed by atoms with van der Waals surface area (Å²) in [6.45, 7) is 0. The molecule has 0 saturated carbocycles. The van der Waals surface area contributed by atoms with Gasteiger partial charge in [0.15, 0.2) is 0 Å². The zero-order valence-electron chi connectivity index (χ0n) is 10.6. The predicted octanol–water partition coefficient (Wildman–Crippen LogP) is 3.53. The SMILES string of the molecule is O=C(NO)c1ccc2sc(-c3cc(F)ccc3O)cc2c1. The van der Waals surface area contributed by atoms with E-state index in [1.54, 1.807) is 29.7 Å². The molecule has 0 aliphatic heterocycles. The van der Waals surface area contributed by atoms with Gasteiger partial charge >= 0.3 is 0 Å². The van der Waals surface area contributed by atoms with Crippen molar-refractivity contribution in [1.82, 2.24) is 5.48 Å². The van der Waals surface area contributed by atoms with Gasteiger partial charge < -0.3 is 5.11 Å². The van der Waals surface area contributed by atoms with Crippen LogP contribution in [0.2, 0.25) is 0 Å². The highest BCUT2D eigenvalue weighted by molar-refractivity contribution is 7.22. The molecular formula is C15H10FNO3S. The molecule has 3 aromatic rings. The Morgan fingerprint density at radius 2 is 1.95 bits per heavy atom. The lowest BCUT2D eigenvalue weighted by Gasteiger charge is -2.00. The number of fused-ring (bicyclic) bond motifs is 1. The standard InChI is InChI=1S/C15H10FNO3S/c16-10-2-3-12(18)11(7-10)14-6-9-5-8(15(19)17-20)1-4-13(9)21-14/h1-7,18,20H,(H,17,19). The van der Waals surface area contributed by atoms with Crippen LogP contribution in [-0.4, -0.2) is 16.2 Å². The summed E-state index contributed by atoms with van der Waals surface area (Å²) in [6, 6.07) is 10.5. The number of hydrogen-bond donors (Lipinski definition) is 3. The van der Waals surface area contributed by atoms with Crippen LogP contribution in [0.5, 0.6) is 5.75 Å². The van der Waals surface area contributed by atoms with Crippen molar-refractivity contribution in [3.05, 3.63) is 53.8 Å². The first kappa shape index (κ1) is 13.5. The van der Waals surface area contributed by atoms with E-state index in [1.807, 2.05) is 0 Å². The minimum absolute atomic E-state index is 0.00344. The molecule has 0 unspecified atom stereocenters. The lowest BCUT2D eigenvalue weighted by molar-refractivity contribution is 0.0706. The van der Waals surface area contributed by atoms with Crippen LogP contribution in [0.25, 0.3) is 20.5 Å². The average Bonchev–Trinajstić information content (AvgIpc) is 2.91. The van der Waals surface area contributed by atoms with Crippen molar-refractivity contribution in [3.8, 4) is 16.2 Å². The second-order valence-electron chi connectivity index (χ2n) is 4.47. The number of carbonyl (C=O) groups excluding carboxylic acids is 1. The summed E-state index contributed by atoms with van der Waals surface area (Å²) in [7, 11) is 0. The van der Waals surface area contributed by atoms with Gasteiger partial charge in [-0.1, -0.05) is 0 Å². The van der Waals surface area contributed by atoms with Crippen LogP contribution in [0.1, 0.15) is 10.4 Å². The first-order valence-electron chi connectivity index (χ1n) is 6.05. The minimum atomic E-state index is -0.599. The molecule has 0 aliphatic rings. The van der Waals surface area contributed by atoms with Gasteiger partial charge in [-0.25, -0.2) is 9.87 Å². The first-order chi connectivity index (χ1) is 10.1. The molecule has 21 heavy (non-hydrogen) atoms. The Morgan fingerprint density at radius 3 is 2.71 bits per heavy atom. The molecule has 2 aromatic carbocycles. The number of hydrogen-bond acceptors (Lipinski definition) is 4. The average molecular weight is 303 g/mol. The van der Waals surface area contributed by atoms with Crippen LogP contribution in [0.3, 0.4) is 0 Å². The summed E-state index contributed by atoms with van der Waals surface area (Å²) < 4.78 is 14.2. The van der Waals surface area contributed by atoms with Crippen molar-refractivity contribution in [2.75, 3.05) is 0 Å². The molecule has 0 bridgehead atoms. The number of benzene rings is 2. The Labute approximate surface area is 123 Å². The first-order valence-corrected chi connectivity index (χ1v) is 6.87. The monoisotopic (exact) mass is 303 g/mol. The summed E-state index contributed by atoms with van der Waals surface area (Å²) in [4.78, 5) is 12.1. The van der Waals surface area contributed by atoms with E-state index in [0.717, 1.165) is 10.1 Å². The Balaban J connectivity index is 2.13. The Hall–Kier alpha value is -2.44. The van der Waals surface area contributed by atoms with Crippen LogP contribution in [-0.2, 0) is 0 Å². The number of halogens is 1. The molecule has 4 nitrogen and oxygen atoms in total. The zero-order valence-corrected chi connectivity index (χ0v) is 11.4. The van der Waals surface area contributed by atoms with Gasteiger partial charge in [-0.05, 0) is 47.9 Å². The maximum atomic E-state index is 13.3. The summed E-state index contributed by atoms with van der Waals surface area (Å²) >= 11 is 1.38. The van der Waals surface area contributed by atoms with Gasteiger partial charge in [0.25, 0.3) is 5.91 Å². The molecule has 1 amide bonds. The van der Waals surface area contributed by atoms with E-state index in [9.17, 15) is 14.3 Å². The van der Waals surface area contributed by atoms with E-state index in [0.29, 0.717) is 16.0 Å². The molecule has 0 fully saturated rings. The van der Waals surface area contributed by atoms with Crippen molar-refractivity contribution in [3.63, 3.8) is 0 Å². The van der Waals surface area contributed by atoms with Gasteiger partial charge in [0.05, 0.1) is 0 Å². The van der Waals surface area contributed by atoms with Gasteiger partial charge in [0.1, 0.15) is 11.6 Å². The topological polar surface area (TPSA) is 69.6 Å². The summed E-state index contributed by atoms with van der Waals surface area (Å²) in [6.07, 6.45) is 0. The summed E-state index contributed by atoms with van der Waals surface area (Å²) in [5.41, 5.74) is 2.30. The maximum absolute atomic E-state index is 13.3. The van der Waals surface area contributed by atoms with Gasteiger partial charge in [0, 0.05) is 20.7 Å². The molecule has 6 heteroatoms. The number of phenols is 1. The highest BCUT2D eigenvalue weighted by atomic mass is 32.1. The lowest BCUT2D eigenvalue weighted by atomic mass is 10.1. The highest BCUT2D eigenvalue weighted by Gasteiger charge is 2.11. The molecule has 1 aromatic heterocycles. The second kappa shape index (κ2) is 5.16. The van der Waals surface area contributed by atoms with Crippen molar-refractivity contribution in [2.24, 2.45) is 0 Å². The molecule has 106 valence electrons. The third kappa shape index (κ3) is 2.46. The number of aromatic hydroxyl groups is 1. The number of hydroxylamine groups is 1. The number of amides is 1. The van der Waals surface area contributed by atoms with E-state index in [4.69, 9.17) is 5.21 Å². The number of nitrogens with one attached hydrogen (secondary N) is 1. The predicted molar refractivity (Wildman–Crippen MR) is 78.1 cm³/mol. The number of carbonyl (C=O) groups is 1. The Kier molecular flexibility index (Phi) is 3.32. The van der Waals surface area contributed by atoms with Crippen LogP contribution >= 0.6 is 11.3 Å². The fraction of sp³-hybridized carbons (Fsp3) is 0. The minimum Gasteiger partial charge on any atom is -0.507 e. The summed E-state index contributed by atoms with van der Waals surface area (Å²) in [5.74, 6) is -1.03. The number of thiophene rings is 1. The van der Waals surface area contributed by atoms with E-state index < -0.39 is 11.7 Å². The maximum Gasteiger partial charge on any atom is 0.274 e. The third-order valence-corrected chi connectivity index (χ3v) is 4.25. The van der Waals surface area contributed by atoms with Crippen molar-refractivity contribution in [2.45, 2.75) is 0 Å². The zero-order chi connectivity index (χ0) is 15.0. The largest absolute Gasteiger partial charge is 0.507 e. The smallest absolute Gasteiger partial charge is 0.274 e. The van der Waals surface area contributed by atoms with Gasteiger partial charge in [0.2, 0.25) is 0 Å². The third-order valence-electron chi connectivity index (χ3n) is 3.10. The number of phenolic OH excluding ortho intramolecular Hbond substituents is 1. The fourth-order valence-electron chi connectivity index (χ4n) is 2.09. The van der Waals surface area contributed by atoms with Gasteiger partial charge in [-0.3, -0.25) is 10.0 Å². The fourth-order valence-corrected chi connectivity index (χ4v) is 3.16. The van der Waals surface area contributed by atoms with Crippen molar-refractivity contribution < 1.29 is 19.5 Å². The van der Waals surface area contributed by atoms with Gasteiger partial charge in [-0.2, -0.15) is 0 Å². The normalized spacial score (nSPS) is 10.8. The van der Waals surface area contributed by atoms with Crippen molar-refractivity contribution >= 4 is 27.3 Å². The van der Waals surface area contributed by atoms with Gasteiger partial charge in [-0.15, -0.1) is 11.3 Å².